The Balaban J connectivity index is 2.11. The summed E-state index contributed by atoms with van der Waals surface area (Å²) >= 11 is 0. The van der Waals surface area contributed by atoms with Gasteiger partial charge in [-0.05, 0) is 19.1 Å². The summed E-state index contributed by atoms with van der Waals surface area (Å²) in [6.45, 7) is 8.49. The molecule has 1 aromatic carbocycles. The molecule has 0 spiro atoms. The third kappa shape index (κ3) is 3.72. The number of nitrogens with zero attached hydrogens (tertiary/aromatic N) is 1. The number of allylic oxidation sites excluding steroid dienone is 1. The molecule has 0 atom stereocenters. The molecule has 5 nitrogen and oxygen atoms in total. The number of rotatable bonds is 3. The predicted octanol–water partition coefficient (Wildman–Crippen LogP) is 2.18. The molecule has 0 bridgehead atoms. The lowest BCUT2D eigenvalue weighted by molar-refractivity contribution is 0.123. The van der Waals surface area contributed by atoms with Gasteiger partial charge in [0.2, 0.25) is 0 Å². The fourth-order valence-electron chi connectivity index (χ4n) is 2.01. The highest BCUT2D eigenvalue weighted by molar-refractivity contribution is 5.94. The highest BCUT2D eigenvalue weighted by atomic mass is 16.5. The monoisotopic (exact) mass is 261 g/mol. The van der Waals surface area contributed by atoms with Gasteiger partial charge >= 0.3 is 6.03 Å². The second-order valence-electron chi connectivity index (χ2n) is 4.48. The van der Waals surface area contributed by atoms with Crippen LogP contribution in [-0.4, -0.2) is 32.3 Å². The van der Waals surface area contributed by atoms with E-state index in [0.29, 0.717) is 18.9 Å². The van der Waals surface area contributed by atoms with Crippen LogP contribution < -0.4 is 15.5 Å². The molecule has 0 aliphatic carbocycles. The van der Waals surface area contributed by atoms with E-state index in [0.717, 1.165) is 24.5 Å². The van der Waals surface area contributed by atoms with Gasteiger partial charge in [-0.15, -0.1) is 0 Å². The van der Waals surface area contributed by atoms with Crippen molar-refractivity contribution >= 4 is 17.4 Å². The van der Waals surface area contributed by atoms with E-state index in [2.05, 4.69) is 22.1 Å². The highest BCUT2D eigenvalue weighted by Crippen LogP contribution is 2.26. The molecule has 1 saturated heterocycles. The lowest BCUT2D eigenvalue weighted by Crippen LogP contribution is -2.37. The summed E-state index contributed by atoms with van der Waals surface area (Å²) in [5.74, 6) is 0. The number of para-hydroxylation sites is 2. The van der Waals surface area contributed by atoms with Gasteiger partial charge in [-0.1, -0.05) is 18.7 Å². The van der Waals surface area contributed by atoms with Gasteiger partial charge in [-0.2, -0.15) is 0 Å². The van der Waals surface area contributed by atoms with Crippen molar-refractivity contribution in [3.05, 3.63) is 36.5 Å². The van der Waals surface area contributed by atoms with Crippen LogP contribution in [0.5, 0.6) is 0 Å². The number of carbonyl (C=O) groups excluding carboxylic acids is 1. The van der Waals surface area contributed by atoms with E-state index in [9.17, 15) is 4.79 Å². The zero-order valence-electron chi connectivity index (χ0n) is 11.1. The summed E-state index contributed by atoms with van der Waals surface area (Å²) < 4.78 is 5.34. The molecular formula is C14H19N3O2. The fraction of sp³-hybridized carbons (Fsp3) is 0.357. The van der Waals surface area contributed by atoms with Crippen LogP contribution in [0.4, 0.5) is 16.2 Å². The Morgan fingerprint density at radius 1 is 1.32 bits per heavy atom. The van der Waals surface area contributed by atoms with Gasteiger partial charge in [0.1, 0.15) is 0 Å². The minimum atomic E-state index is -0.270. The van der Waals surface area contributed by atoms with Gasteiger partial charge in [-0.3, -0.25) is 0 Å². The Morgan fingerprint density at radius 3 is 2.68 bits per heavy atom. The molecular weight excluding hydrogens is 242 g/mol. The zero-order chi connectivity index (χ0) is 13.7. The molecule has 19 heavy (non-hydrogen) atoms. The maximum Gasteiger partial charge on any atom is 0.323 e. The molecule has 1 aromatic rings. The second-order valence-corrected chi connectivity index (χ2v) is 4.48. The minimum Gasteiger partial charge on any atom is -0.378 e. The topological polar surface area (TPSA) is 53.6 Å². The molecule has 0 radical (unpaired) electrons. The molecule has 0 unspecified atom stereocenters. The maximum absolute atomic E-state index is 11.7. The molecule has 0 aromatic heterocycles. The van der Waals surface area contributed by atoms with Gasteiger partial charge in [0.05, 0.1) is 24.6 Å². The van der Waals surface area contributed by atoms with Gasteiger partial charge in [0.15, 0.2) is 0 Å². The molecule has 1 fully saturated rings. The number of morpholine rings is 1. The summed E-state index contributed by atoms with van der Waals surface area (Å²) in [6.07, 6.45) is 0. The van der Waals surface area contributed by atoms with E-state index in [1.54, 1.807) is 6.92 Å². The highest BCUT2D eigenvalue weighted by Gasteiger charge is 2.15. The first-order chi connectivity index (χ1) is 9.16. The van der Waals surface area contributed by atoms with Crippen molar-refractivity contribution in [2.75, 3.05) is 36.5 Å². The summed E-state index contributed by atoms with van der Waals surface area (Å²) in [5, 5.41) is 5.48. The molecule has 5 heteroatoms. The van der Waals surface area contributed by atoms with Crippen molar-refractivity contribution in [3.63, 3.8) is 0 Å². The maximum atomic E-state index is 11.7. The quantitative estimate of drug-likeness (QED) is 0.877. The summed E-state index contributed by atoms with van der Waals surface area (Å²) in [7, 11) is 0. The first-order valence-corrected chi connectivity index (χ1v) is 6.32. The number of ether oxygens (including phenoxy) is 1. The summed E-state index contributed by atoms with van der Waals surface area (Å²) in [5.41, 5.74) is 2.42. The molecule has 1 aliphatic heterocycles. The Morgan fingerprint density at radius 2 is 2.00 bits per heavy atom. The van der Waals surface area contributed by atoms with Crippen LogP contribution in [-0.2, 0) is 4.74 Å². The van der Waals surface area contributed by atoms with Crippen LogP contribution >= 0.6 is 0 Å². The van der Waals surface area contributed by atoms with Crippen LogP contribution in [0.3, 0.4) is 0 Å². The number of benzene rings is 1. The lowest BCUT2D eigenvalue weighted by atomic mass is 10.2. The van der Waals surface area contributed by atoms with Crippen molar-refractivity contribution in [1.29, 1.82) is 0 Å². The van der Waals surface area contributed by atoms with Crippen LogP contribution in [0.1, 0.15) is 6.92 Å². The zero-order valence-corrected chi connectivity index (χ0v) is 11.1. The summed E-state index contributed by atoms with van der Waals surface area (Å²) in [6, 6.07) is 7.49. The normalized spacial score (nSPS) is 14.9. The van der Waals surface area contributed by atoms with E-state index in [4.69, 9.17) is 4.74 Å². The van der Waals surface area contributed by atoms with Crippen molar-refractivity contribution in [2.24, 2.45) is 0 Å². The first-order valence-electron chi connectivity index (χ1n) is 6.32. The van der Waals surface area contributed by atoms with Gasteiger partial charge in [0, 0.05) is 18.8 Å². The molecule has 0 saturated carbocycles. The summed E-state index contributed by atoms with van der Waals surface area (Å²) in [4.78, 5) is 13.9. The average Bonchev–Trinajstić information content (AvgIpc) is 2.39. The number of hydrogen-bond acceptors (Lipinski definition) is 3. The van der Waals surface area contributed by atoms with Gasteiger partial charge in [-0.25, -0.2) is 4.79 Å². The minimum absolute atomic E-state index is 0.270. The Bertz CT molecular complexity index is 468. The Hall–Kier alpha value is -2.01. The third-order valence-electron chi connectivity index (χ3n) is 2.83. The van der Waals surface area contributed by atoms with Crippen molar-refractivity contribution in [1.82, 2.24) is 5.32 Å². The van der Waals surface area contributed by atoms with Crippen LogP contribution in [0, 0.1) is 0 Å². The molecule has 2 rings (SSSR count). The number of anilines is 2. The van der Waals surface area contributed by atoms with Crippen LogP contribution in [0.25, 0.3) is 0 Å². The standard InChI is InChI=1S/C14H19N3O2/c1-11(2)15-14(18)16-12-5-3-4-6-13(12)17-7-9-19-10-8-17/h3-6H,1,7-10H2,2H3,(H2,15,16,18). The van der Waals surface area contributed by atoms with E-state index < -0.39 is 0 Å². The lowest BCUT2D eigenvalue weighted by Gasteiger charge is -2.30. The molecule has 1 heterocycles. The Kier molecular flexibility index (Phi) is 4.41. The van der Waals surface area contributed by atoms with Crippen LogP contribution in [0.2, 0.25) is 0 Å². The van der Waals surface area contributed by atoms with Gasteiger partial charge in [0.25, 0.3) is 0 Å². The molecule has 2 amide bonds. The Labute approximate surface area is 113 Å². The fourth-order valence-corrected chi connectivity index (χ4v) is 2.01. The van der Waals surface area contributed by atoms with E-state index >= 15 is 0 Å². The number of nitrogens with one attached hydrogen (secondary N) is 2. The average molecular weight is 261 g/mol. The van der Waals surface area contributed by atoms with Gasteiger partial charge < -0.3 is 20.3 Å². The largest absolute Gasteiger partial charge is 0.378 e. The third-order valence-corrected chi connectivity index (χ3v) is 2.83. The smallest absolute Gasteiger partial charge is 0.323 e. The van der Waals surface area contributed by atoms with Crippen molar-refractivity contribution in [3.8, 4) is 0 Å². The van der Waals surface area contributed by atoms with Crippen molar-refractivity contribution in [2.45, 2.75) is 6.92 Å². The molecule has 1 aliphatic rings. The van der Waals surface area contributed by atoms with E-state index in [1.165, 1.54) is 0 Å². The molecule has 2 N–H and O–H groups in total. The number of amides is 2. The second kappa shape index (κ2) is 6.24. The predicted molar refractivity (Wildman–Crippen MR) is 76.4 cm³/mol. The number of carbonyl (C=O) groups is 1. The van der Waals surface area contributed by atoms with E-state index in [-0.39, 0.29) is 6.03 Å². The SMILES string of the molecule is C=C(C)NC(=O)Nc1ccccc1N1CCOCC1. The first kappa shape index (κ1) is 13.4. The van der Waals surface area contributed by atoms with Crippen molar-refractivity contribution < 1.29 is 9.53 Å². The molecule has 102 valence electrons. The van der Waals surface area contributed by atoms with E-state index in [1.807, 2.05) is 24.3 Å². The number of hydrogen-bond donors (Lipinski definition) is 2. The van der Waals surface area contributed by atoms with Crippen LogP contribution in [0.15, 0.2) is 36.5 Å². The number of urea groups is 1.